The van der Waals surface area contributed by atoms with Gasteiger partial charge in [0.2, 0.25) is 5.91 Å². The number of nitrogens with zero attached hydrogens (tertiary/aromatic N) is 4. The van der Waals surface area contributed by atoms with Crippen LogP contribution in [0.1, 0.15) is 39.2 Å². The molecule has 2 rings (SSSR count). The van der Waals surface area contributed by atoms with E-state index in [0.29, 0.717) is 6.54 Å². The van der Waals surface area contributed by atoms with Crippen molar-refractivity contribution in [3.8, 4) is 0 Å². The Balaban J connectivity index is 1.96. The van der Waals surface area contributed by atoms with Crippen molar-refractivity contribution in [2.24, 2.45) is 5.92 Å². The summed E-state index contributed by atoms with van der Waals surface area (Å²) in [7, 11) is 0. The van der Waals surface area contributed by atoms with Crippen molar-refractivity contribution in [2.45, 2.75) is 46.7 Å². The minimum Gasteiger partial charge on any atom is -0.323 e. The molecule has 0 spiro atoms. The summed E-state index contributed by atoms with van der Waals surface area (Å²) < 4.78 is 3.69. The first-order chi connectivity index (χ1) is 10.2. The van der Waals surface area contributed by atoms with E-state index < -0.39 is 0 Å². The number of rotatable bonds is 7. The maximum absolute atomic E-state index is 12.0. The third kappa shape index (κ3) is 3.93. The Hall–Kier alpha value is -2.11. The van der Waals surface area contributed by atoms with Crippen LogP contribution in [0.5, 0.6) is 0 Å². The lowest BCUT2D eigenvalue weighted by Crippen LogP contribution is -2.21. The number of amides is 1. The Labute approximate surface area is 125 Å². The number of aromatic nitrogens is 4. The molecule has 21 heavy (non-hydrogen) atoms. The topological polar surface area (TPSA) is 64.7 Å². The Morgan fingerprint density at radius 2 is 1.86 bits per heavy atom. The van der Waals surface area contributed by atoms with Crippen LogP contribution in [-0.2, 0) is 17.9 Å². The largest absolute Gasteiger partial charge is 0.323 e. The lowest BCUT2D eigenvalue weighted by atomic mass is 10.0. The highest BCUT2D eigenvalue weighted by Gasteiger charge is 2.14. The Morgan fingerprint density at radius 3 is 2.48 bits per heavy atom. The van der Waals surface area contributed by atoms with E-state index in [1.165, 1.54) is 0 Å². The van der Waals surface area contributed by atoms with Crippen molar-refractivity contribution in [1.82, 2.24) is 19.6 Å². The van der Waals surface area contributed by atoms with E-state index in [4.69, 9.17) is 0 Å². The molecule has 2 aromatic rings. The third-order valence-electron chi connectivity index (χ3n) is 3.61. The summed E-state index contributed by atoms with van der Waals surface area (Å²) in [5, 5.41) is 11.4. The average Bonchev–Trinajstić information content (AvgIpc) is 3.10. The zero-order valence-corrected chi connectivity index (χ0v) is 12.9. The second-order valence-corrected chi connectivity index (χ2v) is 5.13. The van der Waals surface area contributed by atoms with Crippen molar-refractivity contribution in [1.29, 1.82) is 0 Å². The van der Waals surface area contributed by atoms with E-state index in [9.17, 15) is 4.79 Å². The van der Waals surface area contributed by atoms with Crippen LogP contribution in [-0.4, -0.2) is 25.5 Å². The van der Waals surface area contributed by atoms with Gasteiger partial charge in [0.05, 0.1) is 24.6 Å². The van der Waals surface area contributed by atoms with Gasteiger partial charge in [-0.3, -0.25) is 14.2 Å². The summed E-state index contributed by atoms with van der Waals surface area (Å²) in [5.74, 6) is 0.134. The maximum Gasteiger partial charge on any atom is 0.227 e. The summed E-state index contributed by atoms with van der Waals surface area (Å²) in [5.41, 5.74) is 1.84. The first-order valence-electron chi connectivity index (χ1n) is 7.50. The Bertz CT molecular complexity index is 582. The molecule has 2 aromatic heterocycles. The molecule has 2 heterocycles. The molecule has 6 nitrogen and oxygen atoms in total. The molecule has 0 aromatic carbocycles. The van der Waals surface area contributed by atoms with E-state index in [1.807, 2.05) is 37.1 Å². The summed E-state index contributed by atoms with van der Waals surface area (Å²) in [4.78, 5) is 12.0. The van der Waals surface area contributed by atoms with E-state index in [0.717, 1.165) is 30.6 Å². The van der Waals surface area contributed by atoms with Gasteiger partial charge in [-0.2, -0.15) is 10.2 Å². The van der Waals surface area contributed by atoms with Gasteiger partial charge in [0, 0.05) is 30.4 Å². The van der Waals surface area contributed by atoms with Gasteiger partial charge in [-0.1, -0.05) is 13.8 Å². The zero-order valence-electron chi connectivity index (χ0n) is 12.9. The summed E-state index contributed by atoms with van der Waals surface area (Å²) in [6.45, 7) is 7.62. The molecule has 0 aliphatic heterocycles. The average molecular weight is 289 g/mol. The molecule has 1 N–H and O–H groups in total. The van der Waals surface area contributed by atoms with Crippen molar-refractivity contribution < 1.29 is 4.79 Å². The fourth-order valence-corrected chi connectivity index (χ4v) is 2.27. The van der Waals surface area contributed by atoms with Gasteiger partial charge in [0.15, 0.2) is 0 Å². The highest BCUT2D eigenvalue weighted by molar-refractivity contribution is 5.92. The second kappa shape index (κ2) is 7.06. The lowest BCUT2D eigenvalue weighted by Gasteiger charge is -2.10. The number of nitrogens with one attached hydrogen (secondary N) is 1. The standard InChI is InChI=1S/C15H23N5O/c1-4-13(5-2)15(21)18-14-8-17-20(11-14)10-12-7-16-19(6-3)9-12/h7-9,11,13H,4-6,10H2,1-3H3,(H,18,21). The molecule has 0 fully saturated rings. The molecule has 0 aliphatic carbocycles. The van der Waals surface area contributed by atoms with Crippen LogP contribution in [0.3, 0.4) is 0 Å². The molecule has 0 saturated heterocycles. The van der Waals surface area contributed by atoms with Crippen LogP contribution in [0.4, 0.5) is 5.69 Å². The van der Waals surface area contributed by atoms with Gasteiger partial charge in [0.1, 0.15) is 0 Å². The molecule has 0 atom stereocenters. The smallest absolute Gasteiger partial charge is 0.227 e. The number of aryl methyl sites for hydroxylation is 1. The Morgan fingerprint density at radius 1 is 1.14 bits per heavy atom. The molecule has 0 aliphatic rings. The van der Waals surface area contributed by atoms with E-state index >= 15 is 0 Å². The predicted molar refractivity (Wildman–Crippen MR) is 81.9 cm³/mol. The molecule has 114 valence electrons. The minimum atomic E-state index is 0.0659. The maximum atomic E-state index is 12.0. The van der Waals surface area contributed by atoms with Gasteiger partial charge in [-0.25, -0.2) is 0 Å². The van der Waals surface area contributed by atoms with Crippen LogP contribution in [0.15, 0.2) is 24.8 Å². The van der Waals surface area contributed by atoms with Gasteiger partial charge >= 0.3 is 0 Å². The van der Waals surface area contributed by atoms with Crippen LogP contribution >= 0.6 is 0 Å². The van der Waals surface area contributed by atoms with Crippen molar-refractivity contribution >= 4 is 11.6 Å². The normalized spacial score (nSPS) is 11.0. The first kappa shape index (κ1) is 15.3. The molecule has 6 heteroatoms. The molecular formula is C15H23N5O. The highest BCUT2D eigenvalue weighted by Crippen LogP contribution is 2.13. The van der Waals surface area contributed by atoms with Crippen molar-refractivity contribution in [2.75, 3.05) is 5.32 Å². The van der Waals surface area contributed by atoms with Crippen LogP contribution in [0.2, 0.25) is 0 Å². The van der Waals surface area contributed by atoms with Crippen molar-refractivity contribution in [3.05, 3.63) is 30.4 Å². The van der Waals surface area contributed by atoms with Crippen LogP contribution in [0, 0.1) is 5.92 Å². The summed E-state index contributed by atoms with van der Waals surface area (Å²) >= 11 is 0. The molecular weight excluding hydrogens is 266 g/mol. The summed E-state index contributed by atoms with van der Waals surface area (Å²) in [6.07, 6.45) is 9.09. The fraction of sp³-hybridized carbons (Fsp3) is 0.533. The molecule has 0 bridgehead atoms. The van der Waals surface area contributed by atoms with E-state index in [1.54, 1.807) is 10.9 Å². The number of carbonyl (C=O) groups is 1. The van der Waals surface area contributed by atoms with Gasteiger partial charge < -0.3 is 5.32 Å². The molecule has 1 amide bonds. The molecule has 0 radical (unpaired) electrons. The monoisotopic (exact) mass is 289 g/mol. The van der Waals surface area contributed by atoms with Crippen LogP contribution in [0.25, 0.3) is 0 Å². The third-order valence-corrected chi connectivity index (χ3v) is 3.61. The van der Waals surface area contributed by atoms with Crippen LogP contribution < -0.4 is 5.32 Å². The van der Waals surface area contributed by atoms with Gasteiger partial charge in [-0.05, 0) is 19.8 Å². The lowest BCUT2D eigenvalue weighted by molar-refractivity contribution is -0.120. The van der Waals surface area contributed by atoms with Gasteiger partial charge in [-0.15, -0.1) is 0 Å². The molecule has 0 unspecified atom stereocenters. The number of hydrogen-bond donors (Lipinski definition) is 1. The van der Waals surface area contributed by atoms with E-state index in [2.05, 4.69) is 22.4 Å². The van der Waals surface area contributed by atoms with Gasteiger partial charge in [0.25, 0.3) is 0 Å². The predicted octanol–water partition coefficient (Wildman–Crippen LogP) is 2.52. The second-order valence-electron chi connectivity index (χ2n) is 5.13. The quantitative estimate of drug-likeness (QED) is 0.851. The minimum absolute atomic E-state index is 0.0659. The highest BCUT2D eigenvalue weighted by atomic mass is 16.1. The SMILES string of the molecule is CCC(CC)C(=O)Nc1cnn(Cc2cnn(CC)c2)c1. The molecule has 0 saturated carbocycles. The fourth-order valence-electron chi connectivity index (χ4n) is 2.27. The number of carbonyl (C=O) groups excluding carboxylic acids is 1. The van der Waals surface area contributed by atoms with Crippen molar-refractivity contribution in [3.63, 3.8) is 0 Å². The number of anilines is 1. The summed E-state index contributed by atoms with van der Waals surface area (Å²) in [6, 6.07) is 0. The zero-order chi connectivity index (χ0) is 15.2. The van der Waals surface area contributed by atoms with E-state index in [-0.39, 0.29) is 11.8 Å². The first-order valence-corrected chi connectivity index (χ1v) is 7.50. The Kier molecular flexibility index (Phi) is 5.14. The number of hydrogen-bond acceptors (Lipinski definition) is 3.